The van der Waals surface area contributed by atoms with Crippen molar-refractivity contribution in [2.45, 2.75) is 0 Å². The predicted octanol–water partition coefficient (Wildman–Crippen LogP) is 1.28. The number of H-pyrrole nitrogens is 1. The van der Waals surface area contributed by atoms with Gasteiger partial charge in [0, 0.05) is 11.6 Å². The van der Waals surface area contributed by atoms with Crippen molar-refractivity contribution < 1.29 is 29.3 Å². The normalized spacial score (nSPS) is 10.2. The van der Waals surface area contributed by atoms with Crippen LogP contribution in [0.1, 0.15) is 20.8 Å². The molecule has 0 saturated carbocycles. The van der Waals surface area contributed by atoms with Crippen LogP contribution in [0.3, 0.4) is 0 Å². The van der Waals surface area contributed by atoms with Gasteiger partial charge in [0.15, 0.2) is 0 Å². The lowest BCUT2D eigenvalue weighted by Gasteiger charge is -2.10. The Balaban J connectivity index is 2.59. The van der Waals surface area contributed by atoms with Crippen molar-refractivity contribution in [2.24, 2.45) is 0 Å². The van der Waals surface area contributed by atoms with E-state index in [0.29, 0.717) is 5.56 Å². The summed E-state index contributed by atoms with van der Waals surface area (Å²) in [6.07, 6.45) is 0. The number of esters is 1. The fourth-order valence-electron chi connectivity index (χ4n) is 1.78. The largest absolute Gasteiger partial charge is 0.507 e. The number of aromatic carboxylic acids is 1. The van der Waals surface area contributed by atoms with Crippen LogP contribution >= 0.6 is 0 Å². The standard InChI is InChI=1S/C13H12N2O6/c1-20-11-5-10(16)7(13(19)21-2)3-6(11)8-4-9(12(17)18)15-14-8/h3-5,16H,1-2H3,(H,14,15)(H,17,18). The number of nitrogens with one attached hydrogen (secondary N) is 1. The van der Waals surface area contributed by atoms with E-state index in [4.69, 9.17) is 9.84 Å². The minimum atomic E-state index is -1.17. The van der Waals surface area contributed by atoms with Crippen LogP contribution < -0.4 is 4.74 Å². The Morgan fingerprint density at radius 2 is 1.95 bits per heavy atom. The average molecular weight is 292 g/mol. The second-order valence-electron chi connectivity index (χ2n) is 4.03. The smallest absolute Gasteiger partial charge is 0.353 e. The van der Waals surface area contributed by atoms with Crippen molar-refractivity contribution in [1.82, 2.24) is 10.2 Å². The molecule has 2 aromatic rings. The molecule has 0 aliphatic heterocycles. The Labute approximate surface area is 118 Å². The maximum Gasteiger partial charge on any atom is 0.353 e. The number of carbonyl (C=O) groups is 2. The number of aromatic hydroxyl groups is 1. The van der Waals surface area contributed by atoms with Gasteiger partial charge in [0.1, 0.15) is 22.8 Å². The van der Waals surface area contributed by atoms with Gasteiger partial charge in [-0.1, -0.05) is 0 Å². The van der Waals surface area contributed by atoms with Gasteiger partial charge in [0.25, 0.3) is 0 Å². The minimum absolute atomic E-state index is 0.0758. The van der Waals surface area contributed by atoms with E-state index < -0.39 is 11.9 Å². The zero-order valence-electron chi connectivity index (χ0n) is 11.2. The zero-order chi connectivity index (χ0) is 15.6. The third kappa shape index (κ3) is 2.64. The number of rotatable bonds is 4. The summed E-state index contributed by atoms with van der Waals surface area (Å²) in [6, 6.07) is 3.84. The number of hydrogen-bond donors (Lipinski definition) is 3. The van der Waals surface area contributed by atoms with Gasteiger partial charge < -0.3 is 19.7 Å². The van der Waals surface area contributed by atoms with Gasteiger partial charge in [-0.2, -0.15) is 5.10 Å². The van der Waals surface area contributed by atoms with Gasteiger partial charge >= 0.3 is 11.9 Å². The molecule has 0 radical (unpaired) electrons. The summed E-state index contributed by atoms with van der Waals surface area (Å²) in [5.74, 6) is -1.97. The lowest BCUT2D eigenvalue weighted by Crippen LogP contribution is -2.03. The number of benzene rings is 1. The number of aromatic nitrogens is 2. The molecular formula is C13H12N2O6. The molecular weight excluding hydrogens is 280 g/mol. The number of aromatic amines is 1. The molecule has 0 saturated heterocycles. The molecule has 1 aromatic carbocycles. The quantitative estimate of drug-likeness (QED) is 0.725. The third-order valence-electron chi connectivity index (χ3n) is 2.81. The molecule has 0 spiro atoms. The van der Waals surface area contributed by atoms with Crippen LogP contribution in [0.25, 0.3) is 11.3 Å². The monoisotopic (exact) mass is 292 g/mol. The molecule has 2 rings (SSSR count). The Hall–Kier alpha value is -3.03. The molecule has 0 unspecified atom stereocenters. The van der Waals surface area contributed by atoms with E-state index in [2.05, 4.69) is 14.9 Å². The molecule has 8 nitrogen and oxygen atoms in total. The molecule has 8 heteroatoms. The molecule has 0 bridgehead atoms. The molecule has 1 heterocycles. The highest BCUT2D eigenvalue weighted by Crippen LogP contribution is 2.35. The highest BCUT2D eigenvalue weighted by molar-refractivity contribution is 5.95. The maximum atomic E-state index is 11.6. The van der Waals surface area contributed by atoms with Gasteiger partial charge in [-0.05, 0) is 12.1 Å². The summed E-state index contributed by atoms with van der Waals surface area (Å²) >= 11 is 0. The van der Waals surface area contributed by atoms with E-state index in [9.17, 15) is 14.7 Å². The van der Waals surface area contributed by atoms with Gasteiger partial charge in [-0.25, -0.2) is 9.59 Å². The first-order valence-corrected chi connectivity index (χ1v) is 5.76. The average Bonchev–Trinajstić information content (AvgIpc) is 2.95. The molecule has 110 valence electrons. The number of nitrogens with zero attached hydrogens (tertiary/aromatic N) is 1. The van der Waals surface area contributed by atoms with Gasteiger partial charge in [0.05, 0.1) is 19.9 Å². The van der Waals surface area contributed by atoms with Gasteiger partial charge in [-0.3, -0.25) is 5.10 Å². The lowest BCUT2D eigenvalue weighted by atomic mass is 10.1. The number of methoxy groups -OCH3 is 2. The van der Waals surface area contributed by atoms with Crippen LogP contribution in [0.15, 0.2) is 18.2 Å². The Bertz CT molecular complexity index is 707. The SMILES string of the molecule is COC(=O)c1cc(-c2cc(C(=O)O)[nH]n2)c(OC)cc1O. The Morgan fingerprint density at radius 3 is 2.48 bits per heavy atom. The summed E-state index contributed by atoms with van der Waals surface area (Å²) in [7, 11) is 2.56. The van der Waals surface area contributed by atoms with Crippen LogP contribution in [0.5, 0.6) is 11.5 Å². The van der Waals surface area contributed by atoms with Crippen molar-refractivity contribution in [3.05, 3.63) is 29.5 Å². The second kappa shape index (κ2) is 5.53. The van der Waals surface area contributed by atoms with Gasteiger partial charge in [-0.15, -0.1) is 0 Å². The van der Waals surface area contributed by atoms with Crippen LogP contribution in [0, 0.1) is 0 Å². The number of phenols is 1. The number of carboxylic acids is 1. The van der Waals surface area contributed by atoms with Crippen LogP contribution in [-0.2, 0) is 4.74 Å². The third-order valence-corrected chi connectivity index (χ3v) is 2.81. The van der Waals surface area contributed by atoms with E-state index in [-0.39, 0.29) is 28.5 Å². The second-order valence-corrected chi connectivity index (χ2v) is 4.03. The first kappa shape index (κ1) is 14.4. The Kier molecular flexibility index (Phi) is 3.79. The molecule has 0 amide bonds. The molecule has 21 heavy (non-hydrogen) atoms. The molecule has 0 aliphatic carbocycles. The van der Waals surface area contributed by atoms with Gasteiger partial charge in [0.2, 0.25) is 0 Å². The van der Waals surface area contributed by atoms with Crippen molar-refractivity contribution in [3.8, 4) is 22.8 Å². The van der Waals surface area contributed by atoms with Crippen LogP contribution in [0.4, 0.5) is 0 Å². The molecule has 3 N–H and O–H groups in total. The topological polar surface area (TPSA) is 122 Å². The highest BCUT2D eigenvalue weighted by atomic mass is 16.5. The highest BCUT2D eigenvalue weighted by Gasteiger charge is 2.19. The number of ether oxygens (including phenoxy) is 2. The van der Waals surface area contributed by atoms with E-state index in [1.807, 2.05) is 0 Å². The van der Waals surface area contributed by atoms with E-state index in [1.54, 1.807) is 0 Å². The van der Waals surface area contributed by atoms with E-state index >= 15 is 0 Å². The van der Waals surface area contributed by atoms with E-state index in [0.717, 1.165) is 0 Å². The molecule has 0 atom stereocenters. The summed E-state index contributed by atoms with van der Waals surface area (Å²) in [6.45, 7) is 0. The fourth-order valence-corrected chi connectivity index (χ4v) is 1.78. The van der Waals surface area contributed by atoms with Crippen molar-refractivity contribution >= 4 is 11.9 Å². The summed E-state index contributed by atoms with van der Waals surface area (Å²) in [5, 5.41) is 24.9. The number of hydrogen-bond acceptors (Lipinski definition) is 6. The molecule has 0 aliphatic rings. The summed E-state index contributed by atoms with van der Waals surface area (Å²) in [5.41, 5.74) is 0.418. The van der Waals surface area contributed by atoms with Crippen molar-refractivity contribution in [1.29, 1.82) is 0 Å². The van der Waals surface area contributed by atoms with Crippen LogP contribution in [0.2, 0.25) is 0 Å². The minimum Gasteiger partial charge on any atom is -0.507 e. The molecule has 1 aromatic heterocycles. The Morgan fingerprint density at radius 1 is 1.24 bits per heavy atom. The van der Waals surface area contributed by atoms with Crippen LogP contribution in [-0.4, -0.2) is 46.6 Å². The summed E-state index contributed by atoms with van der Waals surface area (Å²) in [4.78, 5) is 22.4. The number of carboxylic acid groups (broad SMARTS) is 1. The first-order chi connectivity index (χ1) is 9.97. The predicted molar refractivity (Wildman–Crippen MR) is 70.5 cm³/mol. The molecule has 0 fully saturated rings. The van der Waals surface area contributed by atoms with Crippen molar-refractivity contribution in [2.75, 3.05) is 14.2 Å². The first-order valence-electron chi connectivity index (χ1n) is 5.76. The fraction of sp³-hybridized carbons (Fsp3) is 0.154. The zero-order valence-corrected chi connectivity index (χ0v) is 11.2. The lowest BCUT2D eigenvalue weighted by molar-refractivity contribution is 0.0596. The number of carbonyl (C=O) groups excluding carboxylic acids is 1. The van der Waals surface area contributed by atoms with Crippen molar-refractivity contribution in [3.63, 3.8) is 0 Å². The number of phenolic OH excluding ortho intramolecular Hbond substituents is 1. The van der Waals surface area contributed by atoms with E-state index in [1.165, 1.54) is 32.4 Å². The summed E-state index contributed by atoms with van der Waals surface area (Å²) < 4.78 is 9.67. The maximum absolute atomic E-state index is 11.6.